The third-order valence-electron chi connectivity index (χ3n) is 4.43. The lowest BCUT2D eigenvalue weighted by atomic mass is 9.89. The maximum atomic E-state index is 13.5. The molecule has 4 rings (SSSR count). The number of nitro groups is 1. The lowest BCUT2D eigenvalue weighted by molar-refractivity contribution is -0.384. The van der Waals surface area contributed by atoms with Crippen LogP contribution in [0.2, 0.25) is 0 Å². The average molecular weight is 342 g/mol. The smallest absolute Gasteiger partial charge is 0.269 e. The maximum absolute atomic E-state index is 13.5. The Hall–Kier alpha value is -3.49. The van der Waals surface area contributed by atoms with Gasteiger partial charge in [0.1, 0.15) is 11.5 Å². The van der Waals surface area contributed by atoms with Gasteiger partial charge in [-0.2, -0.15) is 0 Å². The minimum Gasteiger partial charge on any atom is -0.411 e. The summed E-state index contributed by atoms with van der Waals surface area (Å²) in [6.45, 7) is 0. The normalized spacial score (nSPS) is 22.3. The molecule has 9 heteroatoms. The number of carbonyl (C=O) groups excluding carboxylic acids is 1. The van der Waals surface area contributed by atoms with Gasteiger partial charge in [0.15, 0.2) is 0 Å². The summed E-state index contributed by atoms with van der Waals surface area (Å²) in [7, 11) is 0. The Balaban J connectivity index is 1.80. The van der Waals surface area contributed by atoms with Crippen LogP contribution in [0.25, 0.3) is 0 Å². The highest BCUT2D eigenvalue weighted by Crippen LogP contribution is 2.41. The molecule has 2 aromatic rings. The highest BCUT2D eigenvalue weighted by molar-refractivity contribution is 6.18. The number of benzene rings is 2. The number of nitrogens with one attached hydrogen (secondary N) is 2. The average Bonchev–Trinajstić information content (AvgIpc) is 3.09. The lowest BCUT2D eigenvalue weighted by Gasteiger charge is -2.18. The first-order chi connectivity index (χ1) is 12.0. The van der Waals surface area contributed by atoms with Crippen molar-refractivity contribution >= 4 is 28.7 Å². The molecular weight excluding hydrogens is 331 g/mol. The summed E-state index contributed by atoms with van der Waals surface area (Å²) < 4.78 is 13.5. The minimum absolute atomic E-state index is 0.106. The van der Waals surface area contributed by atoms with Gasteiger partial charge in [-0.05, 0) is 29.8 Å². The predicted molar refractivity (Wildman–Crippen MR) is 86.6 cm³/mol. The van der Waals surface area contributed by atoms with Crippen molar-refractivity contribution in [1.29, 1.82) is 0 Å². The van der Waals surface area contributed by atoms with Crippen LogP contribution >= 0.6 is 0 Å². The molecule has 25 heavy (non-hydrogen) atoms. The van der Waals surface area contributed by atoms with Gasteiger partial charge >= 0.3 is 0 Å². The van der Waals surface area contributed by atoms with E-state index in [0.717, 1.165) is 0 Å². The molecule has 2 unspecified atom stereocenters. The van der Waals surface area contributed by atoms with Gasteiger partial charge in [-0.1, -0.05) is 5.16 Å². The van der Waals surface area contributed by atoms with E-state index in [9.17, 15) is 24.5 Å². The second-order valence-corrected chi connectivity index (χ2v) is 5.79. The van der Waals surface area contributed by atoms with Crippen molar-refractivity contribution in [3.63, 3.8) is 0 Å². The van der Waals surface area contributed by atoms with Gasteiger partial charge in [0, 0.05) is 29.1 Å². The molecule has 2 aliphatic heterocycles. The molecule has 0 saturated heterocycles. The summed E-state index contributed by atoms with van der Waals surface area (Å²) in [4.78, 5) is 22.9. The van der Waals surface area contributed by atoms with Gasteiger partial charge in [0.2, 0.25) is 5.91 Å². The Morgan fingerprint density at radius 3 is 2.68 bits per heavy atom. The lowest BCUT2D eigenvalue weighted by Crippen LogP contribution is -2.34. The molecule has 0 saturated carbocycles. The molecule has 2 aromatic carbocycles. The summed E-state index contributed by atoms with van der Waals surface area (Å²) in [6.07, 6.45) is 0. The Morgan fingerprint density at radius 1 is 1.20 bits per heavy atom. The van der Waals surface area contributed by atoms with Crippen LogP contribution in [0.4, 0.5) is 21.5 Å². The van der Waals surface area contributed by atoms with E-state index in [2.05, 4.69) is 15.8 Å². The number of carbonyl (C=O) groups is 1. The van der Waals surface area contributed by atoms with E-state index in [1.807, 2.05) is 0 Å². The molecule has 8 nitrogen and oxygen atoms in total. The zero-order chi connectivity index (χ0) is 17.7. The van der Waals surface area contributed by atoms with E-state index in [-0.39, 0.29) is 17.3 Å². The summed E-state index contributed by atoms with van der Waals surface area (Å²) in [5, 5.41) is 29.4. The SMILES string of the molecule is O=C1Nc2ccc([N+](=O)[O-])cc2C1C1Nc2ccc(F)cc2/C1=N/O. The first kappa shape index (κ1) is 15.1. The number of oxime groups is 1. The van der Waals surface area contributed by atoms with Gasteiger partial charge in [-0.15, -0.1) is 0 Å². The fraction of sp³-hybridized carbons (Fsp3) is 0.125. The van der Waals surface area contributed by atoms with Crippen molar-refractivity contribution < 1.29 is 19.3 Å². The molecule has 0 aliphatic carbocycles. The fourth-order valence-corrected chi connectivity index (χ4v) is 3.33. The van der Waals surface area contributed by atoms with Crippen molar-refractivity contribution in [2.24, 2.45) is 5.16 Å². The number of nitro benzene ring substituents is 1. The van der Waals surface area contributed by atoms with Crippen LogP contribution in [0.1, 0.15) is 17.0 Å². The van der Waals surface area contributed by atoms with Crippen molar-refractivity contribution in [1.82, 2.24) is 0 Å². The Morgan fingerprint density at radius 2 is 1.96 bits per heavy atom. The largest absolute Gasteiger partial charge is 0.411 e. The third-order valence-corrected chi connectivity index (χ3v) is 4.43. The van der Waals surface area contributed by atoms with E-state index in [0.29, 0.717) is 22.5 Å². The number of rotatable bonds is 2. The fourth-order valence-electron chi connectivity index (χ4n) is 3.33. The van der Waals surface area contributed by atoms with Crippen LogP contribution in [0, 0.1) is 15.9 Å². The number of fused-ring (bicyclic) bond motifs is 2. The molecule has 0 radical (unpaired) electrons. The minimum atomic E-state index is -0.851. The first-order valence-corrected chi connectivity index (χ1v) is 7.37. The number of hydrogen-bond donors (Lipinski definition) is 3. The molecule has 126 valence electrons. The second kappa shape index (κ2) is 5.26. The van der Waals surface area contributed by atoms with Crippen molar-refractivity contribution in [2.45, 2.75) is 12.0 Å². The standard InChI is InChI=1S/C16H11FN4O4/c17-7-1-3-12-10(5-7)14(20-23)15(18-12)13-9-6-8(21(24)25)2-4-11(9)19-16(13)22/h1-6,13,15,18,23H,(H,19,22)/b20-14-. The highest BCUT2D eigenvalue weighted by atomic mass is 19.1. The zero-order valence-corrected chi connectivity index (χ0v) is 12.6. The predicted octanol–water partition coefficient (Wildman–Crippen LogP) is 2.44. The van der Waals surface area contributed by atoms with Crippen LogP contribution in [-0.2, 0) is 4.79 Å². The molecule has 0 fully saturated rings. The molecule has 2 aliphatic rings. The first-order valence-electron chi connectivity index (χ1n) is 7.37. The number of halogens is 1. The number of hydrogen-bond acceptors (Lipinski definition) is 6. The van der Waals surface area contributed by atoms with Crippen LogP contribution < -0.4 is 10.6 Å². The van der Waals surface area contributed by atoms with Crippen molar-refractivity contribution in [2.75, 3.05) is 10.6 Å². The quantitative estimate of drug-likeness (QED) is 0.440. The van der Waals surface area contributed by atoms with Crippen LogP contribution in [0.3, 0.4) is 0 Å². The number of non-ortho nitro benzene ring substituents is 1. The molecule has 2 heterocycles. The van der Waals surface area contributed by atoms with Crippen LogP contribution in [0.15, 0.2) is 41.6 Å². The highest BCUT2D eigenvalue weighted by Gasteiger charge is 2.44. The van der Waals surface area contributed by atoms with Gasteiger partial charge in [-0.3, -0.25) is 14.9 Å². The van der Waals surface area contributed by atoms with E-state index in [1.54, 1.807) is 0 Å². The van der Waals surface area contributed by atoms with Gasteiger partial charge in [0.25, 0.3) is 5.69 Å². The Kier molecular flexibility index (Phi) is 3.17. The summed E-state index contributed by atoms with van der Waals surface area (Å²) in [5.41, 5.74) is 1.70. The summed E-state index contributed by atoms with van der Waals surface area (Å²) in [5.74, 6) is -1.74. The van der Waals surface area contributed by atoms with Crippen LogP contribution in [-0.4, -0.2) is 27.8 Å². The van der Waals surface area contributed by atoms with Gasteiger partial charge < -0.3 is 15.8 Å². The summed E-state index contributed by atoms with van der Waals surface area (Å²) in [6, 6.07) is 7.24. The van der Waals surface area contributed by atoms with E-state index in [1.165, 1.54) is 36.4 Å². The van der Waals surface area contributed by atoms with Gasteiger partial charge in [0.05, 0.1) is 16.9 Å². The number of anilines is 2. The van der Waals surface area contributed by atoms with Crippen LogP contribution in [0.5, 0.6) is 0 Å². The van der Waals surface area contributed by atoms with Gasteiger partial charge in [-0.25, -0.2) is 4.39 Å². The Bertz CT molecular complexity index is 959. The van der Waals surface area contributed by atoms with Crippen molar-refractivity contribution in [3.05, 3.63) is 63.5 Å². The van der Waals surface area contributed by atoms with E-state index in [4.69, 9.17) is 0 Å². The Labute approximate surface area is 140 Å². The molecule has 0 aromatic heterocycles. The molecule has 3 N–H and O–H groups in total. The molecule has 0 bridgehead atoms. The summed E-state index contributed by atoms with van der Waals surface area (Å²) >= 11 is 0. The molecular formula is C16H11FN4O4. The van der Waals surface area contributed by atoms with E-state index < -0.39 is 22.7 Å². The molecule has 0 spiro atoms. The number of nitrogens with zero attached hydrogens (tertiary/aromatic N) is 2. The second-order valence-electron chi connectivity index (χ2n) is 5.79. The van der Waals surface area contributed by atoms with Crippen molar-refractivity contribution in [3.8, 4) is 0 Å². The topological polar surface area (TPSA) is 117 Å². The number of amides is 1. The third kappa shape index (κ3) is 2.20. The molecule has 2 atom stereocenters. The van der Waals surface area contributed by atoms with E-state index >= 15 is 0 Å². The molecule has 1 amide bonds. The maximum Gasteiger partial charge on any atom is 0.269 e. The monoisotopic (exact) mass is 342 g/mol. The zero-order valence-electron chi connectivity index (χ0n) is 12.6.